The molecule has 1 aliphatic rings. The zero-order chi connectivity index (χ0) is 6.85. The minimum absolute atomic E-state index is 0.220. The Morgan fingerprint density at radius 1 is 1.89 bits per heavy atom. The van der Waals surface area contributed by atoms with E-state index in [-0.39, 0.29) is 9.96 Å². The Balaban J connectivity index is 2.60. The van der Waals surface area contributed by atoms with E-state index in [0.29, 0.717) is 0 Å². The summed E-state index contributed by atoms with van der Waals surface area (Å²) in [5.41, 5.74) is 0. The van der Waals surface area contributed by atoms with Crippen molar-refractivity contribution in [2.45, 2.75) is 6.42 Å². The number of carboxylic acid groups (broad SMARTS) is 1. The summed E-state index contributed by atoms with van der Waals surface area (Å²) in [6.07, 6.45) is 0.274. The second-order valence-electron chi connectivity index (χ2n) is 1.97. The molecule has 0 saturated heterocycles. The molecule has 0 aromatic rings. The summed E-state index contributed by atoms with van der Waals surface area (Å²) < 4.78 is 1.96. The van der Waals surface area contributed by atoms with E-state index in [4.69, 9.17) is 5.11 Å². The normalized spacial score (nSPS) is 24.0. The van der Waals surface area contributed by atoms with Gasteiger partial charge in [0.05, 0.1) is 0 Å². The van der Waals surface area contributed by atoms with Crippen molar-refractivity contribution in [1.29, 1.82) is 0 Å². The van der Waals surface area contributed by atoms with Gasteiger partial charge in [0, 0.05) is 0 Å². The number of carbonyl (C=O) groups is 2. The van der Waals surface area contributed by atoms with Gasteiger partial charge in [0.1, 0.15) is 0 Å². The van der Waals surface area contributed by atoms with Gasteiger partial charge < -0.3 is 0 Å². The molecule has 1 heterocycles. The fourth-order valence-electron chi connectivity index (χ4n) is 0.746. The molecule has 0 aromatic heterocycles. The third kappa shape index (κ3) is 1.64. The quantitative estimate of drug-likeness (QED) is 0.634. The summed E-state index contributed by atoms with van der Waals surface area (Å²) in [6, 6.07) is 0. The molecule has 1 unspecified atom stereocenters. The van der Waals surface area contributed by atoms with Crippen molar-refractivity contribution in [1.82, 2.24) is 0 Å². The van der Waals surface area contributed by atoms with Crippen LogP contribution < -0.4 is 0 Å². The zero-order valence-corrected chi connectivity index (χ0v) is 8.00. The van der Waals surface area contributed by atoms with Gasteiger partial charge in [-0.15, -0.1) is 0 Å². The Morgan fingerprint density at radius 3 is 2.78 bits per heavy atom. The molecule has 1 atom stereocenters. The van der Waals surface area contributed by atoms with Crippen LogP contribution >= 0.6 is 0 Å². The molecule has 1 aliphatic heterocycles. The fourth-order valence-corrected chi connectivity index (χ4v) is 3.99. The molecule has 9 heavy (non-hydrogen) atoms. The van der Waals surface area contributed by atoms with Gasteiger partial charge in [0.25, 0.3) is 0 Å². The molecule has 0 aliphatic carbocycles. The van der Waals surface area contributed by atoms with Crippen molar-refractivity contribution in [3.8, 4) is 0 Å². The first-order chi connectivity index (χ1) is 4.20. The van der Waals surface area contributed by atoms with Crippen LogP contribution in [-0.4, -0.2) is 40.8 Å². The Kier molecular flexibility index (Phi) is 2.05. The summed E-state index contributed by atoms with van der Waals surface area (Å²) in [5, 5.41) is 8.38. The first-order valence-corrected chi connectivity index (χ1v) is 6.19. The predicted molar refractivity (Wildman–Crippen MR) is 32.6 cm³/mol. The van der Waals surface area contributed by atoms with Crippen LogP contribution in [0.1, 0.15) is 6.42 Å². The van der Waals surface area contributed by atoms with Crippen molar-refractivity contribution >= 4 is 35.7 Å². The van der Waals surface area contributed by atoms with Crippen molar-refractivity contribution in [3.05, 3.63) is 0 Å². The van der Waals surface area contributed by atoms with Crippen molar-refractivity contribution in [2.75, 3.05) is 0 Å². The molecule has 0 radical (unpaired) electrons. The van der Waals surface area contributed by atoms with Gasteiger partial charge in [-0.1, -0.05) is 0 Å². The molecule has 1 N–H and O–H groups in total. The molecule has 0 fully saturated rings. The van der Waals surface area contributed by atoms with Crippen LogP contribution in [0.15, 0.2) is 0 Å². The number of rotatable bonds is 1. The maximum absolute atomic E-state index is 10.5. The molecule has 0 aromatic carbocycles. The van der Waals surface area contributed by atoms with Gasteiger partial charge in [0.15, 0.2) is 0 Å². The van der Waals surface area contributed by atoms with E-state index in [9.17, 15) is 9.59 Å². The first kappa shape index (κ1) is 6.99. The second-order valence-corrected chi connectivity index (χ2v) is 5.86. The molecule has 0 bridgehead atoms. The average molecular weight is 228 g/mol. The maximum atomic E-state index is 10.5. The van der Waals surface area contributed by atoms with E-state index in [1.165, 1.54) is 0 Å². The van der Waals surface area contributed by atoms with Crippen molar-refractivity contribution in [3.63, 3.8) is 0 Å². The third-order valence-corrected chi connectivity index (χ3v) is 4.86. The Hall–Kier alpha value is -0.120. The van der Waals surface area contributed by atoms with Crippen LogP contribution in [0, 0.1) is 5.92 Å². The van der Waals surface area contributed by atoms with Gasteiger partial charge in [-0.2, -0.15) is 0 Å². The monoisotopic (exact) mass is 228 g/mol. The predicted octanol–water partition coefficient (Wildman–Crippen LogP) is -0.876. The topological polar surface area (TPSA) is 54.4 Å². The summed E-state index contributed by atoms with van der Waals surface area (Å²) in [7, 11) is 0. The summed E-state index contributed by atoms with van der Waals surface area (Å²) in [4.78, 5) is 20.7. The molecular weight excluding hydrogens is 223 g/mol. The first-order valence-electron chi connectivity index (χ1n) is 2.64. The summed E-state index contributed by atoms with van der Waals surface area (Å²) in [6.45, 7) is 0. The van der Waals surface area contributed by atoms with Crippen LogP contribution in [0.3, 0.4) is 0 Å². The number of carbonyl (C=O) groups excluding carboxylic acids is 1. The van der Waals surface area contributed by atoms with Crippen LogP contribution in [0.5, 0.6) is 0 Å². The molecule has 46 valence electrons. The molecule has 0 spiro atoms. The van der Waals surface area contributed by atoms with E-state index in [1.54, 1.807) is 3.76 Å². The van der Waals surface area contributed by atoms with Gasteiger partial charge in [-0.25, -0.2) is 0 Å². The van der Waals surface area contributed by atoms with Crippen LogP contribution in [0.4, 0.5) is 0 Å². The van der Waals surface area contributed by atoms with Gasteiger partial charge in [0.2, 0.25) is 0 Å². The third-order valence-electron chi connectivity index (χ3n) is 1.25. The molecule has 0 saturated carbocycles. The van der Waals surface area contributed by atoms with E-state index in [0.717, 1.165) is 0 Å². The molecular formula is C5H5InO3. The van der Waals surface area contributed by atoms with Gasteiger partial charge in [-0.05, 0) is 0 Å². The van der Waals surface area contributed by atoms with E-state index in [1.807, 2.05) is 0 Å². The Labute approximate surface area is 62.9 Å². The fraction of sp³-hybridized carbons (Fsp3) is 0.400. The van der Waals surface area contributed by atoms with Crippen molar-refractivity contribution < 1.29 is 14.7 Å². The number of aliphatic carboxylic acids is 1. The number of carboxylic acids is 1. The Bertz CT molecular complexity index is 185. The second kappa shape index (κ2) is 2.64. The number of hydrogen-bond donors (Lipinski definition) is 1. The zero-order valence-electron chi connectivity index (χ0n) is 4.70. The van der Waals surface area contributed by atoms with Crippen LogP contribution in [0.25, 0.3) is 0 Å². The summed E-state index contributed by atoms with van der Waals surface area (Å²) in [5.74, 6) is -1.27. The summed E-state index contributed by atoms with van der Waals surface area (Å²) >= 11 is -1.17. The molecule has 1 rings (SSSR count). The van der Waals surface area contributed by atoms with Gasteiger partial charge in [-0.3, -0.25) is 0 Å². The van der Waals surface area contributed by atoms with E-state index < -0.39 is 34.3 Å². The minimum atomic E-state index is -1.17. The van der Waals surface area contributed by atoms with E-state index in [2.05, 4.69) is 0 Å². The van der Waals surface area contributed by atoms with E-state index >= 15 is 0 Å². The Morgan fingerprint density at radius 2 is 2.56 bits per heavy atom. The molecule has 4 heteroatoms. The number of hydrogen-bond acceptors (Lipinski definition) is 2. The van der Waals surface area contributed by atoms with Crippen molar-refractivity contribution in [2.24, 2.45) is 5.92 Å². The van der Waals surface area contributed by atoms with Crippen LogP contribution in [0.2, 0.25) is 0 Å². The standard InChI is InChI=1S/C5H5O3.In/c1-4(2-3-6)5(7)8;/h1,4H,2H2,(H,7,8);. The van der Waals surface area contributed by atoms with Crippen LogP contribution in [-0.2, 0) is 9.59 Å². The molecule has 0 amide bonds. The molecule has 3 nitrogen and oxygen atoms in total. The van der Waals surface area contributed by atoms with Gasteiger partial charge >= 0.3 is 62.7 Å². The SMILES string of the molecule is O=[C]1CC(C(=O)O)[CH]=[In]1. The average Bonchev–Trinajstić information content (AvgIpc) is 2.14.